The van der Waals surface area contributed by atoms with Crippen LogP contribution >= 0.6 is 0 Å². The molecule has 0 bridgehead atoms. The van der Waals surface area contributed by atoms with E-state index in [9.17, 15) is 4.79 Å². The Kier molecular flexibility index (Phi) is 6.67. The molecule has 2 rings (SSSR count). The Bertz CT molecular complexity index is 770. The van der Waals surface area contributed by atoms with Gasteiger partial charge in [0, 0.05) is 0 Å². The molecule has 0 saturated carbocycles. The summed E-state index contributed by atoms with van der Waals surface area (Å²) in [6.07, 6.45) is 0.233. The number of aryl methyl sites for hydroxylation is 2. The Balaban J connectivity index is 2.08. The average Bonchev–Trinajstić information content (AvgIpc) is 2.63. The smallest absolute Gasteiger partial charge is 0.261 e. The summed E-state index contributed by atoms with van der Waals surface area (Å²) in [5.41, 5.74) is 4.33. The van der Waals surface area contributed by atoms with Gasteiger partial charge in [-0.15, -0.1) is 0 Å². The van der Waals surface area contributed by atoms with Gasteiger partial charge in [0.1, 0.15) is 11.5 Å². The van der Waals surface area contributed by atoms with E-state index >= 15 is 0 Å². The number of methoxy groups -OCH3 is 1. The van der Waals surface area contributed by atoms with Gasteiger partial charge < -0.3 is 14.8 Å². The molecule has 0 aromatic heterocycles. The third kappa shape index (κ3) is 4.57. The van der Waals surface area contributed by atoms with Crippen molar-refractivity contribution in [1.82, 2.24) is 5.32 Å². The first-order chi connectivity index (χ1) is 12.4. The lowest BCUT2D eigenvalue weighted by atomic mass is 10.0. The molecule has 0 spiro atoms. The Labute approximate surface area is 156 Å². The molecule has 2 atom stereocenters. The zero-order valence-corrected chi connectivity index (χ0v) is 16.6. The third-order valence-electron chi connectivity index (χ3n) is 4.77. The van der Waals surface area contributed by atoms with Gasteiger partial charge in [-0.05, 0) is 68.5 Å². The molecule has 0 unspecified atom stereocenters. The largest absolute Gasteiger partial charge is 0.496 e. The van der Waals surface area contributed by atoms with E-state index in [1.54, 1.807) is 14.0 Å². The second kappa shape index (κ2) is 8.75. The van der Waals surface area contributed by atoms with Gasteiger partial charge in [0.2, 0.25) is 0 Å². The number of hydrogen-bond donors (Lipinski definition) is 1. The van der Waals surface area contributed by atoms with Gasteiger partial charge in [-0.3, -0.25) is 4.79 Å². The molecule has 1 N–H and O–H groups in total. The van der Waals surface area contributed by atoms with Crippen molar-refractivity contribution in [2.75, 3.05) is 7.11 Å². The summed E-state index contributed by atoms with van der Waals surface area (Å²) < 4.78 is 11.2. The Morgan fingerprint density at radius 1 is 1.08 bits per heavy atom. The molecular formula is C22H29NO3. The lowest BCUT2D eigenvalue weighted by Crippen LogP contribution is -2.38. The molecular weight excluding hydrogens is 326 g/mol. The molecule has 1 amide bonds. The summed E-state index contributed by atoms with van der Waals surface area (Å²) >= 11 is 0. The number of hydrogen-bond acceptors (Lipinski definition) is 3. The van der Waals surface area contributed by atoms with Crippen molar-refractivity contribution in [3.05, 3.63) is 58.7 Å². The van der Waals surface area contributed by atoms with Crippen LogP contribution in [0.25, 0.3) is 0 Å². The highest BCUT2D eigenvalue weighted by Gasteiger charge is 2.20. The minimum atomic E-state index is -0.566. The van der Waals surface area contributed by atoms with Crippen LogP contribution in [0.5, 0.6) is 11.5 Å². The standard InChI is InChI=1S/C22H29NO3/c1-7-19(18-11-12-20(25-6)15(3)13-18)23-22(24)17(5)26-21-10-8-9-14(2)16(21)4/h8-13,17,19H,7H2,1-6H3,(H,23,24)/t17-,19-/m1/s1. The number of benzene rings is 2. The Morgan fingerprint density at radius 2 is 1.81 bits per heavy atom. The number of ether oxygens (including phenoxy) is 2. The second-order valence-corrected chi connectivity index (χ2v) is 6.66. The molecule has 2 aromatic rings. The molecule has 0 aliphatic carbocycles. The highest BCUT2D eigenvalue weighted by Crippen LogP contribution is 2.25. The van der Waals surface area contributed by atoms with E-state index in [1.807, 2.05) is 51.1 Å². The molecule has 0 fully saturated rings. The second-order valence-electron chi connectivity index (χ2n) is 6.66. The highest BCUT2D eigenvalue weighted by molar-refractivity contribution is 5.81. The lowest BCUT2D eigenvalue weighted by molar-refractivity contribution is -0.128. The van der Waals surface area contributed by atoms with Crippen LogP contribution in [0.1, 0.15) is 48.6 Å². The summed E-state index contributed by atoms with van der Waals surface area (Å²) in [4.78, 5) is 12.6. The fraction of sp³-hybridized carbons (Fsp3) is 0.409. The van der Waals surface area contributed by atoms with Gasteiger partial charge in [-0.25, -0.2) is 0 Å². The third-order valence-corrected chi connectivity index (χ3v) is 4.77. The zero-order chi connectivity index (χ0) is 19.3. The minimum Gasteiger partial charge on any atom is -0.496 e. The summed E-state index contributed by atoms with van der Waals surface area (Å²) in [5, 5.41) is 3.10. The van der Waals surface area contributed by atoms with Crippen LogP contribution in [0.2, 0.25) is 0 Å². The van der Waals surface area contributed by atoms with Crippen LogP contribution in [0.4, 0.5) is 0 Å². The normalized spacial score (nSPS) is 13.0. The highest BCUT2D eigenvalue weighted by atomic mass is 16.5. The molecule has 0 saturated heterocycles. The number of rotatable bonds is 7. The Morgan fingerprint density at radius 3 is 2.42 bits per heavy atom. The van der Waals surface area contributed by atoms with E-state index in [0.29, 0.717) is 0 Å². The number of amides is 1. The van der Waals surface area contributed by atoms with E-state index in [0.717, 1.165) is 40.2 Å². The lowest BCUT2D eigenvalue weighted by Gasteiger charge is -2.22. The van der Waals surface area contributed by atoms with Crippen LogP contribution in [-0.2, 0) is 4.79 Å². The maximum atomic E-state index is 12.6. The molecule has 140 valence electrons. The molecule has 4 nitrogen and oxygen atoms in total. The van der Waals surface area contributed by atoms with Crippen LogP contribution < -0.4 is 14.8 Å². The Hall–Kier alpha value is -2.49. The van der Waals surface area contributed by atoms with Crippen molar-refractivity contribution >= 4 is 5.91 Å². The summed E-state index contributed by atoms with van der Waals surface area (Å²) in [7, 11) is 1.66. The molecule has 0 aliphatic rings. The predicted molar refractivity (Wildman–Crippen MR) is 105 cm³/mol. The first-order valence-electron chi connectivity index (χ1n) is 9.05. The van der Waals surface area contributed by atoms with Gasteiger partial charge in [-0.2, -0.15) is 0 Å². The van der Waals surface area contributed by atoms with Crippen LogP contribution in [-0.4, -0.2) is 19.1 Å². The zero-order valence-electron chi connectivity index (χ0n) is 16.6. The van der Waals surface area contributed by atoms with Gasteiger partial charge in [0.15, 0.2) is 6.10 Å². The van der Waals surface area contributed by atoms with Crippen molar-refractivity contribution in [3.8, 4) is 11.5 Å². The summed E-state index contributed by atoms with van der Waals surface area (Å²) in [6.45, 7) is 9.88. The molecule has 0 aliphatic heterocycles. The van der Waals surface area contributed by atoms with Crippen LogP contribution in [0, 0.1) is 20.8 Å². The van der Waals surface area contributed by atoms with Crippen molar-refractivity contribution in [3.63, 3.8) is 0 Å². The maximum absolute atomic E-state index is 12.6. The van der Waals surface area contributed by atoms with Crippen LogP contribution in [0.3, 0.4) is 0 Å². The van der Waals surface area contributed by atoms with E-state index in [1.165, 1.54) is 0 Å². The minimum absolute atomic E-state index is 0.0586. The predicted octanol–water partition coefficient (Wildman–Crippen LogP) is 4.66. The van der Waals surface area contributed by atoms with Gasteiger partial charge >= 0.3 is 0 Å². The molecule has 0 heterocycles. The maximum Gasteiger partial charge on any atom is 0.261 e. The summed E-state index contributed by atoms with van der Waals surface area (Å²) in [6, 6.07) is 11.8. The van der Waals surface area contributed by atoms with Gasteiger partial charge in [0.25, 0.3) is 5.91 Å². The monoisotopic (exact) mass is 355 g/mol. The number of carbonyl (C=O) groups is 1. The van der Waals surface area contributed by atoms with E-state index in [4.69, 9.17) is 9.47 Å². The topological polar surface area (TPSA) is 47.6 Å². The summed E-state index contributed by atoms with van der Waals surface area (Å²) in [5.74, 6) is 1.48. The van der Waals surface area contributed by atoms with Crippen molar-refractivity contribution < 1.29 is 14.3 Å². The average molecular weight is 355 g/mol. The van der Waals surface area contributed by atoms with Crippen molar-refractivity contribution in [2.24, 2.45) is 0 Å². The fourth-order valence-corrected chi connectivity index (χ4v) is 2.92. The molecule has 4 heteroatoms. The van der Waals surface area contributed by atoms with E-state index in [2.05, 4.69) is 18.3 Å². The molecule has 2 aromatic carbocycles. The molecule has 0 radical (unpaired) electrons. The van der Waals surface area contributed by atoms with E-state index < -0.39 is 6.10 Å². The quantitative estimate of drug-likeness (QED) is 0.786. The van der Waals surface area contributed by atoms with Gasteiger partial charge in [-0.1, -0.05) is 31.2 Å². The molecule has 26 heavy (non-hydrogen) atoms. The van der Waals surface area contributed by atoms with Gasteiger partial charge in [0.05, 0.1) is 13.2 Å². The number of nitrogens with one attached hydrogen (secondary N) is 1. The van der Waals surface area contributed by atoms with Crippen molar-refractivity contribution in [1.29, 1.82) is 0 Å². The van der Waals surface area contributed by atoms with Crippen molar-refractivity contribution in [2.45, 2.75) is 53.2 Å². The first-order valence-corrected chi connectivity index (χ1v) is 9.05. The van der Waals surface area contributed by atoms with Crippen LogP contribution in [0.15, 0.2) is 36.4 Å². The SMILES string of the molecule is CC[C@@H](NC(=O)[C@@H](C)Oc1cccc(C)c1C)c1ccc(OC)c(C)c1. The number of carbonyl (C=O) groups excluding carboxylic acids is 1. The fourth-order valence-electron chi connectivity index (χ4n) is 2.92. The first kappa shape index (κ1) is 19.8. The van der Waals surface area contributed by atoms with E-state index in [-0.39, 0.29) is 11.9 Å².